The Kier molecular flexibility index (Phi) is 5.23. The van der Waals surface area contributed by atoms with Crippen molar-refractivity contribution in [3.05, 3.63) is 0 Å². The summed E-state index contributed by atoms with van der Waals surface area (Å²) in [5.74, 6) is 0.480. The summed E-state index contributed by atoms with van der Waals surface area (Å²) >= 11 is 0. The van der Waals surface area contributed by atoms with Crippen LogP contribution in [0.4, 0.5) is 8.78 Å². The molecule has 1 fully saturated rings. The van der Waals surface area contributed by atoms with Gasteiger partial charge in [-0.15, -0.1) is 0 Å². The van der Waals surface area contributed by atoms with Crippen molar-refractivity contribution in [1.82, 2.24) is 9.03 Å². The lowest BCUT2D eigenvalue weighted by atomic mass is 10.0. The number of rotatable bonds is 5. The minimum Gasteiger partial charge on any atom is -0.386 e. The Morgan fingerprint density at radius 2 is 1.94 bits per heavy atom. The number of alkyl halides is 2. The molecule has 1 saturated heterocycles. The summed E-state index contributed by atoms with van der Waals surface area (Å²) in [6.07, 6.45) is -3.39. The molecule has 0 aromatic rings. The standard InChI is InChI=1S/C9H18F2N2O3S/c1-7-2-4-13(5-3-7)17(15,16)12-6-8(14)9(10)11/h7-9,12,14H,2-6H2,1H3. The van der Waals surface area contributed by atoms with Crippen molar-refractivity contribution in [3.63, 3.8) is 0 Å². The Labute approximate surface area is 100.0 Å². The zero-order valence-corrected chi connectivity index (χ0v) is 10.5. The zero-order valence-electron chi connectivity index (χ0n) is 9.64. The summed E-state index contributed by atoms with van der Waals surface area (Å²) in [6.45, 7) is 2.16. The van der Waals surface area contributed by atoms with Crippen molar-refractivity contribution < 1.29 is 22.3 Å². The lowest BCUT2D eigenvalue weighted by molar-refractivity contribution is -0.000659. The van der Waals surface area contributed by atoms with Crippen LogP contribution < -0.4 is 4.72 Å². The van der Waals surface area contributed by atoms with Crippen molar-refractivity contribution in [2.75, 3.05) is 19.6 Å². The maximum atomic E-state index is 12.0. The van der Waals surface area contributed by atoms with Crippen LogP contribution in [0.2, 0.25) is 0 Å². The van der Waals surface area contributed by atoms with Gasteiger partial charge in [0.2, 0.25) is 0 Å². The molecular weight excluding hydrogens is 254 g/mol. The molecule has 1 aliphatic heterocycles. The first-order valence-electron chi connectivity index (χ1n) is 5.54. The second kappa shape index (κ2) is 6.03. The van der Waals surface area contributed by atoms with Crippen molar-refractivity contribution in [3.8, 4) is 0 Å². The van der Waals surface area contributed by atoms with Crippen molar-refractivity contribution in [2.24, 2.45) is 5.92 Å². The van der Waals surface area contributed by atoms with Crippen molar-refractivity contribution in [2.45, 2.75) is 32.3 Å². The van der Waals surface area contributed by atoms with E-state index in [9.17, 15) is 17.2 Å². The fourth-order valence-corrected chi connectivity index (χ4v) is 2.85. The van der Waals surface area contributed by atoms with Gasteiger partial charge < -0.3 is 5.11 Å². The van der Waals surface area contributed by atoms with Crippen LogP contribution in [0.15, 0.2) is 0 Å². The zero-order chi connectivity index (χ0) is 13.1. The van der Waals surface area contributed by atoms with Gasteiger partial charge in [0.1, 0.15) is 6.10 Å². The molecule has 1 atom stereocenters. The monoisotopic (exact) mass is 272 g/mol. The molecule has 8 heteroatoms. The molecule has 0 bridgehead atoms. The van der Waals surface area contributed by atoms with Gasteiger partial charge in [0, 0.05) is 19.6 Å². The maximum absolute atomic E-state index is 12.0. The van der Waals surface area contributed by atoms with E-state index in [4.69, 9.17) is 5.11 Å². The number of nitrogens with one attached hydrogen (secondary N) is 1. The van der Waals surface area contributed by atoms with Crippen LogP contribution in [0, 0.1) is 5.92 Å². The number of piperidine rings is 1. The molecule has 1 unspecified atom stereocenters. The second-order valence-corrected chi connectivity index (χ2v) is 6.09. The molecule has 5 nitrogen and oxygen atoms in total. The molecule has 1 aliphatic rings. The maximum Gasteiger partial charge on any atom is 0.279 e. The number of aliphatic hydroxyl groups excluding tert-OH is 1. The van der Waals surface area contributed by atoms with E-state index >= 15 is 0 Å². The van der Waals surface area contributed by atoms with Crippen molar-refractivity contribution >= 4 is 10.2 Å². The van der Waals surface area contributed by atoms with Crippen LogP contribution in [-0.4, -0.2) is 50.0 Å². The van der Waals surface area contributed by atoms with Crippen LogP contribution in [0.3, 0.4) is 0 Å². The van der Waals surface area contributed by atoms with E-state index < -0.39 is 29.3 Å². The molecule has 1 rings (SSSR count). The predicted molar refractivity (Wildman–Crippen MR) is 58.9 cm³/mol. The topological polar surface area (TPSA) is 69.6 Å². The Morgan fingerprint density at radius 1 is 1.41 bits per heavy atom. The van der Waals surface area contributed by atoms with E-state index in [0.717, 1.165) is 12.8 Å². The summed E-state index contributed by atoms with van der Waals surface area (Å²) in [6, 6.07) is 0. The van der Waals surface area contributed by atoms with E-state index in [0.29, 0.717) is 19.0 Å². The predicted octanol–water partition coefficient (Wildman–Crippen LogP) is 0.179. The number of nitrogens with zero attached hydrogens (tertiary/aromatic N) is 1. The molecule has 0 aliphatic carbocycles. The molecule has 0 spiro atoms. The first kappa shape index (κ1) is 14.7. The molecule has 2 N–H and O–H groups in total. The molecular formula is C9H18F2N2O3S. The van der Waals surface area contributed by atoms with Crippen LogP contribution >= 0.6 is 0 Å². The second-order valence-electron chi connectivity index (χ2n) is 4.34. The Bertz CT molecular complexity index is 329. The van der Waals surface area contributed by atoms with E-state index in [2.05, 4.69) is 0 Å². The highest BCUT2D eigenvalue weighted by Gasteiger charge is 2.27. The minimum atomic E-state index is -3.75. The normalized spacial score (nSPS) is 21.9. The summed E-state index contributed by atoms with van der Waals surface area (Å²) in [5.41, 5.74) is 0. The molecule has 0 saturated carbocycles. The number of hydrogen-bond acceptors (Lipinski definition) is 3. The van der Waals surface area contributed by atoms with E-state index in [1.807, 2.05) is 11.6 Å². The molecule has 102 valence electrons. The minimum absolute atomic E-state index is 0.390. The quantitative estimate of drug-likeness (QED) is 0.750. The third kappa shape index (κ3) is 4.46. The third-order valence-corrected chi connectivity index (χ3v) is 4.42. The smallest absolute Gasteiger partial charge is 0.279 e. The molecule has 0 aromatic carbocycles. The van der Waals surface area contributed by atoms with Gasteiger partial charge in [0.15, 0.2) is 0 Å². The van der Waals surface area contributed by atoms with Gasteiger partial charge in [0.05, 0.1) is 0 Å². The van der Waals surface area contributed by atoms with Crippen molar-refractivity contribution in [1.29, 1.82) is 0 Å². The van der Waals surface area contributed by atoms with Gasteiger partial charge in [-0.3, -0.25) is 0 Å². The van der Waals surface area contributed by atoms with Gasteiger partial charge in [-0.2, -0.15) is 17.4 Å². The van der Waals surface area contributed by atoms with Gasteiger partial charge >= 0.3 is 0 Å². The number of aliphatic hydroxyl groups is 1. The average molecular weight is 272 g/mol. The van der Waals surface area contributed by atoms with Gasteiger partial charge in [0.25, 0.3) is 16.6 Å². The Hall–Kier alpha value is -0.310. The Morgan fingerprint density at radius 3 is 2.41 bits per heavy atom. The molecule has 1 heterocycles. The summed E-state index contributed by atoms with van der Waals surface area (Å²) in [7, 11) is -3.75. The van der Waals surface area contributed by atoms with E-state index in [-0.39, 0.29) is 0 Å². The van der Waals surface area contributed by atoms with Crippen LogP contribution in [0.1, 0.15) is 19.8 Å². The highest BCUT2D eigenvalue weighted by Crippen LogP contribution is 2.17. The fraction of sp³-hybridized carbons (Fsp3) is 1.00. The largest absolute Gasteiger partial charge is 0.386 e. The third-order valence-electron chi connectivity index (χ3n) is 2.85. The molecule has 17 heavy (non-hydrogen) atoms. The SMILES string of the molecule is CC1CCN(S(=O)(=O)NCC(O)C(F)F)CC1. The summed E-state index contributed by atoms with van der Waals surface area (Å²) in [4.78, 5) is 0. The highest BCUT2D eigenvalue weighted by atomic mass is 32.2. The van der Waals surface area contributed by atoms with Crippen LogP contribution in [-0.2, 0) is 10.2 Å². The fourth-order valence-electron chi connectivity index (χ4n) is 1.60. The molecule has 0 aromatic heterocycles. The average Bonchev–Trinajstić information content (AvgIpc) is 2.26. The highest BCUT2D eigenvalue weighted by molar-refractivity contribution is 7.87. The van der Waals surface area contributed by atoms with E-state index in [1.54, 1.807) is 0 Å². The van der Waals surface area contributed by atoms with Crippen LogP contribution in [0.5, 0.6) is 0 Å². The molecule has 0 amide bonds. The first-order valence-corrected chi connectivity index (χ1v) is 6.98. The molecule has 0 radical (unpaired) electrons. The van der Waals surface area contributed by atoms with Gasteiger partial charge in [-0.25, -0.2) is 8.78 Å². The van der Waals surface area contributed by atoms with E-state index in [1.165, 1.54) is 4.31 Å². The summed E-state index contributed by atoms with van der Waals surface area (Å²) in [5, 5.41) is 8.83. The first-order chi connectivity index (χ1) is 7.83. The van der Waals surface area contributed by atoms with Crippen LogP contribution in [0.25, 0.3) is 0 Å². The van der Waals surface area contributed by atoms with Gasteiger partial charge in [-0.05, 0) is 18.8 Å². The number of hydrogen-bond donors (Lipinski definition) is 2. The Balaban J connectivity index is 2.46. The van der Waals surface area contributed by atoms with Gasteiger partial charge in [-0.1, -0.05) is 6.92 Å². The lowest BCUT2D eigenvalue weighted by Crippen LogP contribution is -2.47. The number of halogens is 2. The lowest BCUT2D eigenvalue weighted by Gasteiger charge is -2.29. The summed E-state index contributed by atoms with van der Waals surface area (Å²) < 4.78 is 50.6.